The van der Waals surface area contributed by atoms with Gasteiger partial charge in [0.2, 0.25) is 10.0 Å². The molecular formula is C10H16N2O3S2. The Bertz CT molecular complexity index is 486. The summed E-state index contributed by atoms with van der Waals surface area (Å²) in [4.78, 5) is 13.4. The van der Waals surface area contributed by atoms with Gasteiger partial charge in [0.25, 0.3) is 5.91 Å². The van der Waals surface area contributed by atoms with Gasteiger partial charge in [-0.05, 0) is 25.5 Å². The number of rotatable bonds is 5. The topological polar surface area (TPSA) is 75.3 Å². The lowest BCUT2D eigenvalue weighted by atomic mass is 10.3. The highest BCUT2D eigenvalue weighted by Crippen LogP contribution is 2.20. The second-order valence-corrected chi connectivity index (χ2v) is 6.86. The smallest absolute Gasteiger partial charge is 0.261 e. The summed E-state index contributed by atoms with van der Waals surface area (Å²) >= 11 is 1.44. The molecule has 0 atom stereocenters. The third-order valence-corrected chi connectivity index (χ3v) is 4.04. The molecule has 0 aromatic carbocycles. The van der Waals surface area contributed by atoms with E-state index in [4.69, 9.17) is 0 Å². The van der Waals surface area contributed by atoms with Crippen LogP contribution in [0.15, 0.2) is 6.07 Å². The molecule has 0 saturated heterocycles. The molecule has 5 nitrogen and oxygen atoms in total. The van der Waals surface area contributed by atoms with Crippen molar-refractivity contribution in [1.29, 1.82) is 0 Å². The van der Waals surface area contributed by atoms with Crippen molar-refractivity contribution in [2.75, 3.05) is 19.3 Å². The number of sulfonamides is 1. The van der Waals surface area contributed by atoms with E-state index in [1.165, 1.54) is 11.3 Å². The maximum absolute atomic E-state index is 11.7. The first kappa shape index (κ1) is 14.1. The maximum atomic E-state index is 11.7. The summed E-state index contributed by atoms with van der Waals surface area (Å²) < 4.78 is 23.9. The normalized spacial score (nSPS) is 11.5. The van der Waals surface area contributed by atoms with Gasteiger partial charge >= 0.3 is 0 Å². The van der Waals surface area contributed by atoms with E-state index in [1.54, 1.807) is 0 Å². The first-order chi connectivity index (χ1) is 7.79. The summed E-state index contributed by atoms with van der Waals surface area (Å²) in [5, 5.41) is 2.66. The van der Waals surface area contributed by atoms with Crippen LogP contribution in [0.1, 0.15) is 20.1 Å². The summed E-state index contributed by atoms with van der Waals surface area (Å²) in [5.41, 5.74) is 1.09. The molecular weight excluding hydrogens is 260 g/mol. The predicted octanol–water partition coefficient (Wildman–Crippen LogP) is 0.644. The van der Waals surface area contributed by atoms with Gasteiger partial charge in [-0.1, -0.05) is 0 Å². The average molecular weight is 276 g/mol. The van der Waals surface area contributed by atoms with Crippen LogP contribution in [0.4, 0.5) is 0 Å². The zero-order valence-corrected chi connectivity index (χ0v) is 11.7. The lowest BCUT2D eigenvalue weighted by Crippen LogP contribution is -2.33. The second-order valence-electron chi connectivity index (χ2n) is 3.77. The van der Waals surface area contributed by atoms with Gasteiger partial charge in [0.05, 0.1) is 11.1 Å². The van der Waals surface area contributed by atoms with E-state index in [1.807, 2.05) is 19.9 Å². The summed E-state index contributed by atoms with van der Waals surface area (Å²) in [5.74, 6) is -0.165. The van der Waals surface area contributed by atoms with Crippen molar-refractivity contribution in [2.24, 2.45) is 0 Å². The molecule has 17 heavy (non-hydrogen) atoms. The van der Waals surface area contributed by atoms with Crippen molar-refractivity contribution in [1.82, 2.24) is 10.0 Å². The Kier molecular flexibility index (Phi) is 4.67. The number of hydrogen-bond donors (Lipinski definition) is 2. The maximum Gasteiger partial charge on any atom is 0.261 e. The van der Waals surface area contributed by atoms with Crippen LogP contribution < -0.4 is 10.0 Å². The largest absolute Gasteiger partial charge is 0.350 e. The van der Waals surface area contributed by atoms with Crippen molar-refractivity contribution in [3.05, 3.63) is 21.4 Å². The zero-order chi connectivity index (χ0) is 13.1. The SMILES string of the molecule is Cc1cc(C(=O)NCCNS(C)(=O)=O)sc1C. The lowest BCUT2D eigenvalue weighted by Gasteiger charge is -2.03. The van der Waals surface area contributed by atoms with Gasteiger partial charge < -0.3 is 5.32 Å². The van der Waals surface area contributed by atoms with E-state index in [2.05, 4.69) is 10.0 Å². The van der Waals surface area contributed by atoms with Crippen molar-refractivity contribution in [2.45, 2.75) is 13.8 Å². The fourth-order valence-electron chi connectivity index (χ4n) is 1.18. The van der Waals surface area contributed by atoms with Gasteiger partial charge in [-0.2, -0.15) is 0 Å². The second kappa shape index (κ2) is 5.61. The Labute approximate surface area is 105 Å². The van der Waals surface area contributed by atoms with Crippen LogP contribution in [-0.2, 0) is 10.0 Å². The number of nitrogens with one attached hydrogen (secondary N) is 2. The van der Waals surface area contributed by atoms with Crippen molar-refractivity contribution in [3.63, 3.8) is 0 Å². The minimum atomic E-state index is -3.19. The van der Waals surface area contributed by atoms with Crippen molar-refractivity contribution < 1.29 is 13.2 Å². The number of carbonyl (C=O) groups excluding carboxylic acids is 1. The summed E-state index contributed by atoms with van der Waals surface area (Å²) in [7, 11) is -3.19. The molecule has 0 aliphatic rings. The van der Waals surface area contributed by atoms with Crippen LogP contribution >= 0.6 is 11.3 Å². The lowest BCUT2D eigenvalue weighted by molar-refractivity contribution is 0.0958. The quantitative estimate of drug-likeness (QED) is 0.775. The summed E-state index contributed by atoms with van der Waals surface area (Å²) in [6.45, 7) is 4.39. The van der Waals surface area contributed by atoms with Crippen LogP contribution in [0, 0.1) is 13.8 Å². The number of thiophene rings is 1. The zero-order valence-electron chi connectivity index (χ0n) is 10.0. The van der Waals surface area contributed by atoms with Gasteiger partial charge in [-0.3, -0.25) is 4.79 Å². The van der Waals surface area contributed by atoms with Crippen LogP contribution in [0.2, 0.25) is 0 Å². The molecule has 0 radical (unpaired) electrons. The Hall–Kier alpha value is -0.920. The predicted molar refractivity (Wildman–Crippen MR) is 69.0 cm³/mol. The molecule has 0 unspecified atom stereocenters. The molecule has 1 aromatic rings. The third-order valence-electron chi connectivity index (χ3n) is 2.16. The van der Waals surface area contributed by atoms with Gasteiger partial charge in [-0.25, -0.2) is 13.1 Å². The highest BCUT2D eigenvalue weighted by atomic mass is 32.2. The molecule has 0 aliphatic carbocycles. The van der Waals surface area contributed by atoms with E-state index in [0.29, 0.717) is 4.88 Å². The molecule has 2 N–H and O–H groups in total. The monoisotopic (exact) mass is 276 g/mol. The number of hydrogen-bond acceptors (Lipinski definition) is 4. The Balaban J connectivity index is 2.40. The highest BCUT2D eigenvalue weighted by Gasteiger charge is 2.09. The molecule has 96 valence electrons. The third kappa shape index (κ3) is 4.84. The molecule has 1 rings (SSSR count). The first-order valence-electron chi connectivity index (χ1n) is 5.09. The molecule has 1 aromatic heterocycles. The van der Waals surface area contributed by atoms with E-state index >= 15 is 0 Å². The molecule has 0 fully saturated rings. The van der Waals surface area contributed by atoms with E-state index < -0.39 is 10.0 Å². The van der Waals surface area contributed by atoms with Crippen molar-refractivity contribution in [3.8, 4) is 0 Å². The fourth-order valence-corrected chi connectivity index (χ4v) is 2.61. The molecule has 1 amide bonds. The number of aryl methyl sites for hydroxylation is 2. The van der Waals surface area contributed by atoms with E-state index in [-0.39, 0.29) is 19.0 Å². The molecule has 0 bridgehead atoms. The first-order valence-corrected chi connectivity index (χ1v) is 7.80. The summed E-state index contributed by atoms with van der Waals surface area (Å²) in [6, 6.07) is 1.83. The van der Waals surface area contributed by atoms with Gasteiger partial charge in [0.1, 0.15) is 0 Å². The Morgan fingerprint density at radius 3 is 2.47 bits per heavy atom. The average Bonchev–Trinajstić information content (AvgIpc) is 2.52. The Morgan fingerprint density at radius 1 is 1.35 bits per heavy atom. The standard InChI is InChI=1S/C10H16N2O3S2/c1-7-6-9(16-8(7)2)10(13)11-4-5-12-17(3,14)15/h6,12H,4-5H2,1-3H3,(H,11,13). The van der Waals surface area contributed by atoms with Gasteiger partial charge in [0, 0.05) is 18.0 Å². The molecule has 1 heterocycles. The number of carbonyl (C=O) groups is 1. The van der Waals surface area contributed by atoms with Crippen LogP contribution in [-0.4, -0.2) is 33.7 Å². The summed E-state index contributed by atoms with van der Waals surface area (Å²) in [6.07, 6.45) is 1.08. The van der Waals surface area contributed by atoms with E-state index in [9.17, 15) is 13.2 Å². The minimum Gasteiger partial charge on any atom is -0.350 e. The van der Waals surface area contributed by atoms with Crippen LogP contribution in [0.5, 0.6) is 0 Å². The Morgan fingerprint density at radius 2 is 2.00 bits per heavy atom. The minimum absolute atomic E-state index is 0.165. The fraction of sp³-hybridized carbons (Fsp3) is 0.500. The van der Waals surface area contributed by atoms with Crippen LogP contribution in [0.25, 0.3) is 0 Å². The van der Waals surface area contributed by atoms with Gasteiger partial charge in [-0.15, -0.1) is 11.3 Å². The van der Waals surface area contributed by atoms with E-state index in [0.717, 1.165) is 16.7 Å². The van der Waals surface area contributed by atoms with Crippen molar-refractivity contribution >= 4 is 27.3 Å². The van der Waals surface area contributed by atoms with Crippen LogP contribution in [0.3, 0.4) is 0 Å². The molecule has 0 aliphatic heterocycles. The highest BCUT2D eigenvalue weighted by molar-refractivity contribution is 7.88. The molecule has 7 heteroatoms. The van der Waals surface area contributed by atoms with Gasteiger partial charge in [0.15, 0.2) is 0 Å². The molecule has 0 spiro atoms. The molecule has 0 saturated carbocycles. The number of amides is 1.